The third kappa shape index (κ3) is 1.62. The first kappa shape index (κ1) is 9.53. The van der Waals surface area contributed by atoms with Crippen molar-refractivity contribution < 1.29 is 4.84 Å². The van der Waals surface area contributed by atoms with Gasteiger partial charge in [-0.3, -0.25) is 0 Å². The van der Waals surface area contributed by atoms with Crippen LogP contribution >= 0.6 is 11.6 Å². The molecular formula is C11H12ClNO. The smallest absolute Gasteiger partial charge is 0.149 e. The number of hydrogen-bond acceptors (Lipinski definition) is 2. The molecule has 1 heterocycles. The van der Waals surface area contributed by atoms with E-state index in [1.165, 1.54) is 0 Å². The highest BCUT2D eigenvalue weighted by molar-refractivity contribution is 6.18. The lowest BCUT2D eigenvalue weighted by molar-refractivity contribution is 0.0824. The summed E-state index contributed by atoms with van der Waals surface area (Å²) in [7, 11) is 0. The molecule has 0 aliphatic carbocycles. The molecule has 1 aliphatic rings. The largest absolute Gasteiger partial charge is 0.390 e. The number of nitrogens with zero attached hydrogens (tertiary/aromatic N) is 1. The van der Waals surface area contributed by atoms with E-state index in [2.05, 4.69) is 12.1 Å². The number of halogens is 1. The van der Waals surface area contributed by atoms with Gasteiger partial charge in [0.1, 0.15) is 6.10 Å². The van der Waals surface area contributed by atoms with Crippen LogP contribution in [0, 0.1) is 5.92 Å². The molecule has 0 spiro atoms. The number of rotatable bonds is 2. The minimum absolute atomic E-state index is 0.0203. The third-order valence-electron chi connectivity index (χ3n) is 2.50. The molecule has 0 amide bonds. The SMILES string of the molecule is C[C@@H]1C(c2ccccc2)=NO[C@H]1CCl. The maximum absolute atomic E-state index is 5.76. The van der Waals surface area contributed by atoms with E-state index in [0.717, 1.165) is 11.3 Å². The average molecular weight is 210 g/mol. The summed E-state index contributed by atoms with van der Waals surface area (Å²) in [6, 6.07) is 10.1. The van der Waals surface area contributed by atoms with Crippen molar-refractivity contribution >= 4 is 17.3 Å². The predicted molar refractivity (Wildman–Crippen MR) is 57.7 cm³/mol. The lowest BCUT2D eigenvalue weighted by atomic mass is 9.95. The van der Waals surface area contributed by atoms with Crippen molar-refractivity contribution in [2.24, 2.45) is 11.1 Å². The Morgan fingerprint density at radius 1 is 1.36 bits per heavy atom. The summed E-state index contributed by atoms with van der Waals surface area (Å²) in [4.78, 5) is 5.24. The van der Waals surface area contributed by atoms with E-state index in [-0.39, 0.29) is 12.0 Å². The topological polar surface area (TPSA) is 21.6 Å². The molecule has 74 valence electrons. The monoisotopic (exact) mass is 209 g/mol. The highest BCUT2D eigenvalue weighted by Crippen LogP contribution is 2.23. The fourth-order valence-electron chi connectivity index (χ4n) is 1.56. The minimum atomic E-state index is 0.0203. The first-order valence-corrected chi connectivity index (χ1v) is 5.21. The third-order valence-corrected chi connectivity index (χ3v) is 2.80. The lowest BCUT2D eigenvalue weighted by Crippen LogP contribution is -2.22. The van der Waals surface area contributed by atoms with Gasteiger partial charge >= 0.3 is 0 Å². The van der Waals surface area contributed by atoms with Gasteiger partial charge in [-0.25, -0.2) is 0 Å². The van der Waals surface area contributed by atoms with Crippen LogP contribution in [0.1, 0.15) is 12.5 Å². The molecule has 0 radical (unpaired) electrons. The zero-order valence-corrected chi connectivity index (χ0v) is 8.74. The standard InChI is InChI=1S/C11H12ClNO/c1-8-10(7-12)14-13-11(8)9-5-3-2-4-6-9/h2-6,8,10H,7H2,1H3/t8-,10-/m0/s1. The van der Waals surface area contributed by atoms with Gasteiger partial charge in [-0.05, 0) is 5.56 Å². The van der Waals surface area contributed by atoms with Crippen LogP contribution in [0.4, 0.5) is 0 Å². The Labute approximate surface area is 88.5 Å². The number of oxime groups is 1. The second-order valence-corrected chi connectivity index (χ2v) is 3.74. The molecule has 3 heteroatoms. The van der Waals surface area contributed by atoms with E-state index in [0.29, 0.717) is 5.88 Å². The zero-order valence-electron chi connectivity index (χ0n) is 7.98. The van der Waals surface area contributed by atoms with Crippen molar-refractivity contribution in [3.8, 4) is 0 Å². The van der Waals surface area contributed by atoms with E-state index in [9.17, 15) is 0 Å². The van der Waals surface area contributed by atoms with Gasteiger partial charge in [0, 0.05) is 5.92 Å². The molecule has 0 saturated heterocycles. The summed E-state index contributed by atoms with van der Waals surface area (Å²) in [5.74, 6) is 0.760. The normalized spacial score (nSPS) is 25.7. The van der Waals surface area contributed by atoms with E-state index in [1.807, 2.05) is 30.3 Å². The first-order chi connectivity index (χ1) is 6.83. The molecular weight excluding hydrogens is 198 g/mol. The number of alkyl halides is 1. The van der Waals surface area contributed by atoms with Gasteiger partial charge in [-0.1, -0.05) is 42.4 Å². The van der Waals surface area contributed by atoms with Crippen LogP contribution in [0.15, 0.2) is 35.5 Å². The van der Waals surface area contributed by atoms with Gasteiger partial charge in [0.15, 0.2) is 0 Å². The molecule has 0 saturated carbocycles. The summed E-state index contributed by atoms with van der Waals surface area (Å²) >= 11 is 5.76. The molecule has 0 bridgehead atoms. The van der Waals surface area contributed by atoms with Gasteiger partial charge in [0.2, 0.25) is 0 Å². The van der Waals surface area contributed by atoms with Crippen LogP contribution in [0.2, 0.25) is 0 Å². The maximum atomic E-state index is 5.76. The van der Waals surface area contributed by atoms with E-state index in [4.69, 9.17) is 16.4 Å². The molecule has 0 N–H and O–H groups in total. The van der Waals surface area contributed by atoms with E-state index in [1.54, 1.807) is 0 Å². The number of hydrogen-bond donors (Lipinski definition) is 0. The van der Waals surface area contributed by atoms with Crippen LogP contribution in [-0.4, -0.2) is 17.7 Å². The zero-order chi connectivity index (χ0) is 9.97. The molecule has 1 aromatic carbocycles. The molecule has 2 nitrogen and oxygen atoms in total. The van der Waals surface area contributed by atoms with Gasteiger partial charge in [-0.15, -0.1) is 11.6 Å². The molecule has 2 rings (SSSR count). The second kappa shape index (κ2) is 4.01. The van der Waals surface area contributed by atoms with Crippen LogP contribution in [0.3, 0.4) is 0 Å². The minimum Gasteiger partial charge on any atom is -0.390 e. The highest BCUT2D eigenvalue weighted by atomic mass is 35.5. The average Bonchev–Trinajstić information content (AvgIpc) is 2.61. The van der Waals surface area contributed by atoms with Gasteiger partial charge in [0.05, 0.1) is 11.6 Å². The molecule has 0 fully saturated rings. The van der Waals surface area contributed by atoms with Crippen molar-refractivity contribution in [1.82, 2.24) is 0 Å². The van der Waals surface area contributed by atoms with Gasteiger partial charge in [-0.2, -0.15) is 0 Å². The summed E-state index contributed by atoms with van der Waals surface area (Å²) in [6.45, 7) is 2.09. The highest BCUT2D eigenvalue weighted by Gasteiger charge is 2.30. The first-order valence-electron chi connectivity index (χ1n) is 4.68. The second-order valence-electron chi connectivity index (χ2n) is 3.43. The van der Waals surface area contributed by atoms with Crippen molar-refractivity contribution in [1.29, 1.82) is 0 Å². The molecule has 2 atom stereocenters. The lowest BCUT2D eigenvalue weighted by Gasteiger charge is -2.10. The predicted octanol–water partition coefficient (Wildman–Crippen LogP) is 2.66. The maximum Gasteiger partial charge on any atom is 0.149 e. The summed E-state index contributed by atoms with van der Waals surface area (Å²) in [5.41, 5.74) is 2.11. The summed E-state index contributed by atoms with van der Waals surface area (Å²) in [5, 5.41) is 4.07. The molecule has 0 aromatic heterocycles. The molecule has 14 heavy (non-hydrogen) atoms. The van der Waals surface area contributed by atoms with Crippen LogP contribution in [0.25, 0.3) is 0 Å². The van der Waals surface area contributed by atoms with Gasteiger partial charge in [0.25, 0.3) is 0 Å². The van der Waals surface area contributed by atoms with Crippen molar-refractivity contribution in [3.63, 3.8) is 0 Å². The summed E-state index contributed by atoms with van der Waals surface area (Å²) < 4.78 is 0. The van der Waals surface area contributed by atoms with Crippen molar-refractivity contribution in [2.75, 3.05) is 5.88 Å². The van der Waals surface area contributed by atoms with E-state index >= 15 is 0 Å². The molecule has 1 aromatic rings. The number of benzene rings is 1. The van der Waals surface area contributed by atoms with Crippen LogP contribution in [0.5, 0.6) is 0 Å². The molecule has 0 unspecified atom stereocenters. The van der Waals surface area contributed by atoms with Crippen molar-refractivity contribution in [2.45, 2.75) is 13.0 Å². The fraction of sp³-hybridized carbons (Fsp3) is 0.364. The van der Waals surface area contributed by atoms with E-state index < -0.39 is 0 Å². The Kier molecular flexibility index (Phi) is 2.73. The molecule has 1 aliphatic heterocycles. The Bertz CT molecular complexity index is 336. The Balaban J connectivity index is 2.22. The van der Waals surface area contributed by atoms with Gasteiger partial charge < -0.3 is 4.84 Å². The van der Waals surface area contributed by atoms with Crippen molar-refractivity contribution in [3.05, 3.63) is 35.9 Å². The Hall–Kier alpha value is -1.02. The Morgan fingerprint density at radius 3 is 2.64 bits per heavy atom. The van der Waals surface area contributed by atoms with Crippen LogP contribution < -0.4 is 0 Å². The fourth-order valence-corrected chi connectivity index (χ4v) is 1.88. The quantitative estimate of drug-likeness (QED) is 0.687. The summed E-state index contributed by atoms with van der Waals surface area (Å²) in [6.07, 6.45) is 0.0203. The Morgan fingerprint density at radius 2 is 2.07 bits per heavy atom. The van der Waals surface area contributed by atoms with Crippen LogP contribution in [-0.2, 0) is 4.84 Å².